The van der Waals surface area contributed by atoms with E-state index in [-0.39, 0.29) is 5.78 Å². The van der Waals surface area contributed by atoms with Crippen molar-refractivity contribution >= 4 is 22.6 Å². The Morgan fingerprint density at radius 1 is 0.931 bits per heavy atom. The molecule has 0 bridgehead atoms. The van der Waals surface area contributed by atoms with E-state index < -0.39 is 0 Å². The van der Waals surface area contributed by atoms with Crippen molar-refractivity contribution in [2.24, 2.45) is 0 Å². The van der Waals surface area contributed by atoms with Crippen LogP contribution in [-0.2, 0) is 24.2 Å². The first kappa shape index (κ1) is 18.9. The molecule has 0 saturated heterocycles. The van der Waals surface area contributed by atoms with Crippen LogP contribution in [0.1, 0.15) is 23.6 Å². The van der Waals surface area contributed by atoms with E-state index in [0.29, 0.717) is 6.42 Å². The second-order valence-electron chi connectivity index (χ2n) is 7.26. The predicted octanol–water partition coefficient (Wildman–Crippen LogP) is 4.27. The van der Waals surface area contributed by atoms with Gasteiger partial charge in [0.2, 0.25) is 0 Å². The van der Waals surface area contributed by atoms with Crippen molar-refractivity contribution in [3.63, 3.8) is 0 Å². The number of aromatic nitrogens is 3. The van der Waals surface area contributed by atoms with Crippen LogP contribution in [0.25, 0.3) is 11.0 Å². The third kappa shape index (κ3) is 4.69. The first-order valence-electron chi connectivity index (χ1n) is 9.84. The number of anilines is 1. The molecule has 0 aliphatic rings. The minimum absolute atomic E-state index is 0.186. The molecule has 5 heteroatoms. The Bertz CT molecular complexity index is 1100. The molecule has 0 radical (unpaired) electrons. The highest BCUT2D eigenvalue weighted by Gasteiger charge is 2.08. The third-order valence-electron chi connectivity index (χ3n) is 4.93. The van der Waals surface area contributed by atoms with Crippen molar-refractivity contribution < 1.29 is 4.79 Å². The molecule has 29 heavy (non-hydrogen) atoms. The molecule has 0 saturated carbocycles. The van der Waals surface area contributed by atoms with Crippen molar-refractivity contribution in [3.8, 4) is 0 Å². The SMILES string of the molecule is CC(=O)Cc1ccc(CCNc2ncnc3c2ccn3Cc2ccccc2)cc1. The fourth-order valence-electron chi connectivity index (χ4n) is 3.49. The largest absolute Gasteiger partial charge is 0.369 e. The average Bonchev–Trinajstić information content (AvgIpc) is 3.13. The highest BCUT2D eigenvalue weighted by Crippen LogP contribution is 2.21. The van der Waals surface area contributed by atoms with Gasteiger partial charge in [0.05, 0.1) is 5.39 Å². The summed E-state index contributed by atoms with van der Waals surface area (Å²) in [7, 11) is 0. The molecule has 0 spiro atoms. The van der Waals surface area contributed by atoms with Crippen LogP contribution in [0.5, 0.6) is 0 Å². The summed E-state index contributed by atoms with van der Waals surface area (Å²) in [6.07, 6.45) is 5.06. The summed E-state index contributed by atoms with van der Waals surface area (Å²) in [6, 6.07) is 20.7. The molecule has 2 aromatic carbocycles. The number of hydrogen-bond acceptors (Lipinski definition) is 4. The van der Waals surface area contributed by atoms with Crippen LogP contribution in [-0.4, -0.2) is 26.9 Å². The lowest BCUT2D eigenvalue weighted by Crippen LogP contribution is -2.07. The maximum Gasteiger partial charge on any atom is 0.145 e. The normalized spacial score (nSPS) is 10.9. The smallest absolute Gasteiger partial charge is 0.145 e. The quantitative estimate of drug-likeness (QED) is 0.493. The number of carbonyl (C=O) groups excluding carboxylic acids is 1. The van der Waals surface area contributed by atoms with E-state index in [1.165, 1.54) is 11.1 Å². The van der Waals surface area contributed by atoms with Crippen LogP contribution >= 0.6 is 0 Å². The topological polar surface area (TPSA) is 59.8 Å². The van der Waals surface area contributed by atoms with Gasteiger partial charge in [-0.05, 0) is 36.1 Å². The summed E-state index contributed by atoms with van der Waals surface area (Å²) in [5, 5.41) is 4.47. The van der Waals surface area contributed by atoms with Gasteiger partial charge < -0.3 is 9.88 Å². The summed E-state index contributed by atoms with van der Waals surface area (Å²) in [5.74, 6) is 1.04. The molecule has 2 aromatic heterocycles. The Kier molecular flexibility index (Phi) is 5.66. The lowest BCUT2D eigenvalue weighted by atomic mass is 10.1. The van der Waals surface area contributed by atoms with E-state index in [0.717, 1.165) is 41.9 Å². The van der Waals surface area contributed by atoms with Crippen LogP contribution in [0, 0.1) is 0 Å². The molecule has 0 atom stereocenters. The minimum atomic E-state index is 0.186. The summed E-state index contributed by atoms with van der Waals surface area (Å²) < 4.78 is 2.14. The molecule has 1 N–H and O–H groups in total. The van der Waals surface area contributed by atoms with Gasteiger partial charge in [0.25, 0.3) is 0 Å². The molecule has 0 amide bonds. The summed E-state index contributed by atoms with van der Waals surface area (Å²) >= 11 is 0. The third-order valence-corrected chi connectivity index (χ3v) is 4.93. The second-order valence-corrected chi connectivity index (χ2v) is 7.26. The Balaban J connectivity index is 1.41. The average molecular weight is 384 g/mol. The minimum Gasteiger partial charge on any atom is -0.369 e. The van der Waals surface area contributed by atoms with Crippen LogP contribution in [0.2, 0.25) is 0 Å². The van der Waals surface area contributed by atoms with Crippen molar-refractivity contribution in [1.29, 1.82) is 0 Å². The van der Waals surface area contributed by atoms with Gasteiger partial charge in [-0.2, -0.15) is 0 Å². The Morgan fingerprint density at radius 3 is 2.45 bits per heavy atom. The molecule has 0 unspecified atom stereocenters. The van der Waals surface area contributed by atoms with Crippen LogP contribution in [0.15, 0.2) is 73.2 Å². The number of nitrogens with one attached hydrogen (secondary N) is 1. The number of rotatable bonds is 8. The molecule has 4 rings (SSSR count). The van der Waals surface area contributed by atoms with Gasteiger partial charge in [-0.1, -0.05) is 54.6 Å². The molecule has 2 heterocycles. The molecule has 0 aliphatic heterocycles. The molecule has 0 aliphatic carbocycles. The van der Waals surface area contributed by atoms with Gasteiger partial charge in [-0.25, -0.2) is 9.97 Å². The van der Waals surface area contributed by atoms with E-state index in [1.807, 2.05) is 18.2 Å². The molecule has 0 fully saturated rings. The number of ketones is 1. The van der Waals surface area contributed by atoms with Gasteiger partial charge in [0.15, 0.2) is 0 Å². The van der Waals surface area contributed by atoms with E-state index in [9.17, 15) is 4.79 Å². The number of nitrogens with zero attached hydrogens (tertiary/aromatic N) is 3. The Morgan fingerprint density at radius 2 is 1.69 bits per heavy atom. The Labute approximate surface area is 170 Å². The van der Waals surface area contributed by atoms with Gasteiger partial charge in [0.1, 0.15) is 23.6 Å². The standard InChI is InChI=1S/C24H24N4O/c1-18(29)15-20-9-7-19(8-10-20)11-13-25-23-22-12-14-28(24(22)27-17-26-23)16-21-5-3-2-4-6-21/h2-10,12,14,17H,11,13,15-16H2,1H3,(H,25,26,27). The lowest BCUT2D eigenvalue weighted by Gasteiger charge is -2.09. The summed E-state index contributed by atoms with van der Waals surface area (Å²) in [4.78, 5) is 20.1. The molecule has 4 aromatic rings. The zero-order valence-corrected chi connectivity index (χ0v) is 16.5. The van der Waals surface area contributed by atoms with Gasteiger partial charge in [0, 0.05) is 25.7 Å². The van der Waals surface area contributed by atoms with Gasteiger partial charge in [-0.15, -0.1) is 0 Å². The lowest BCUT2D eigenvalue weighted by molar-refractivity contribution is -0.116. The zero-order valence-electron chi connectivity index (χ0n) is 16.5. The molecule has 146 valence electrons. The summed E-state index contributed by atoms with van der Waals surface area (Å²) in [5.41, 5.74) is 4.47. The molecular formula is C24H24N4O. The Hall–Kier alpha value is -3.47. The monoisotopic (exact) mass is 384 g/mol. The van der Waals surface area contributed by atoms with Crippen molar-refractivity contribution in [1.82, 2.24) is 14.5 Å². The number of carbonyl (C=O) groups is 1. The fraction of sp³-hybridized carbons (Fsp3) is 0.208. The maximum atomic E-state index is 11.2. The zero-order chi connectivity index (χ0) is 20.1. The number of benzene rings is 2. The first-order chi connectivity index (χ1) is 14.2. The molecule has 5 nitrogen and oxygen atoms in total. The summed E-state index contributed by atoms with van der Waals surface area (Å²) in [6.45, 7) is 3.18. The van der Waals surface area contributed by atoms with Crippen molar-refractivity contribution in [2.45, 2.75) is 26.3 Å². The number of hydrogen-bond donors (Lipinski definition) is 1. The van der Waals surface area contributed by atoms with Crippen molar-refractivity contribution in [2.75, 3.05) is 11.9 Å². The van der Waals surface area contributed by atoms with E-state index in [4.69, 9.17) is 0 Å². The van der Waals surface area contributed by atoms with Gasteiger partial charge >= 0.3 is 0 Å². The van der Waals surface area contributed by atoms with E-state index in [1.54, 1.807) is 13.3 Å². The van der Waals surface area contributed by atoms with E-state index >= 15 is 0 Å². The maximum absolute atomic E-state index is 11.2. The van der Waals surface area contributed by atoms with Crippen LogP contribution < -0.4 is 5.32 Å². The first-order valence-corrected chi connectivity index (χ1v) is 9.84. The number of Topliss-reactive ketones (excluding diaryl/α,β-unsaturated/α-hetero) is 1. The number of fused-ring (bicyclic) bond motifs is 1. The second kappa shape index (κ2) is 8.69. The predicted molar refractivity (Wildman–Crippen MR) is 116 cm³/mol. The molecular weight excluding hydrogens is 360 g/mol. The fourth-order valence-corrected chi connectivity index (χ4v) is 3.49. The van der Waals surface area contributed by atoms with Crippen LogP contribution in [0.4, 0.5) is 5.82 Å². The van der Waals surface area contributed by atoms with Crippen molar-refractivity contribution in [3.05, 3.63) is 89.9 Å². The highest BCUT2D eigenvalue weighted by molar-refractivity contribution is 5.87. The highest BCUT2D eigenvalue weighted by atomic mass is 16.1. The van der Waals surface area contributed by atoms with Crippen LogP contribution in [0.3, 0.4) is 0 Å². The van der Waals surface area contributed by atoms with Gasteiger partial charge in [-0.3, -0.25) is 4.79 Å². The van der Waals surface area contributed by atoms with E-state index in [2.05, 4.69) is 68.5 Å².